The highest BCUT2D eigenvalue weighted by Crippen LogP contribution is 2.50. The van der Waals surface area contributed by atoms with Crippen LogP contribution in [0.25, 0.3) is 11.1 Å². The minimum Gasteiger partial charge on any atom is -0.493 e. The summed E-state index contributed by atoms with van der Waals surface area (Å²) in [5, 5.41) is 7.45. The fraction of sp³-hybridized carbons (Fsp3) is 0.235. The van der Waals surface area contributed by atoms with Crippen molar-refractivity contribution in [2.45, 2.75) is 30.2 Å². The Labute approximate surface area is 270 Å². The number of aryl methyl sites for hydroxylation is 1. The van der Waals surface area contributed by atoms with E-state index in [0.29, 0.717) is 62.0 Å². The summed E-state index contributed by atoms with van der Waals surface area (Å²) in [5.74, 6) is 1.32. The number of benzene rings is 3. The number of amides is 1. The van der Waals surface area contributed by atoms with Crippen molar-refractivity contribution < 1.29 is 19.0 Å². The van der Waals surface area contributed by atoms with Crippen molar-refractivity contribution in [2.75, 3.05) is 32.9 Å². The van der Waals surface area contributed by atoms with Crippen LogP contribution in [-0.2, 0) is 17.6 Å². The molecule has 2 N–H and O–H groups in total. The molecular formula is C34H32Cl2N2O5S. The normalized spacial score (nSPS) is 13.6. The minimum absolute atomic E-state index is 0.0915. The third-order valence-electron chi connectivity index (χ3n) is 7.65. The lowest BCUT2D eigenvalue weighted by molar-refractivity contribution is -0.121. The average molecular weight is 652 g/mol. The Morgan fingerprint density at radius 1 is 0.932 bits per heavy atom. The van der Waals surface area contributed by atoms with Crippen LogP contribution in [0, 0.1) is 0 Å². The van der Waals surface area contributed by atoms with E-state index in [9.17, 15) is 9.59 Å². The number of carbonyl (C=O) groups excluding carboxylic acids is 1. The summed E-state index contributed by atoms with van der Waals surface area (Å²) in [7, 11) is 4.72. The number of hydrogen-bond acceptors (Lipinski definition) is 7. The van der Waals surface area contributed by atoms with Crippen LogP contribution in [0.5, 0.6) is 17.2 Å². The van der Waals surface area contributed by atoms with Gasteiger partial charge >= 0.3 is 0 Å². The second kappa shape index (κ2) is 13.8. The number of rotatable bonds is 9. The molecule has 0 spiro atoms. The van der Waals surface area contributed by atoms with Crippen LogP contribution in [0.1, 0.15) is 29.2 Å². The molecule has 0 saturated heterocycles. The number of hydrogen-bond donors (Lipinski definition) is 2. The second-order valence-electron chi connectivity index (χ2n) is 10.2. The predicted octanol–water partition coefficient (Wildman–Crippen LogP) is 7.86. The maximum absolute atomic E-state index is 13.7. The van der Waals surface area contributed by atoms with E-state index >= 15 is 0 Å². The van der Waals surface area contributed by atoms with E-state index in [1.54, 1.807) is 45.6 Å². The van der Waals surface area contributed by atoms with Crippen molar-refractivity contribution in [1.29, 1.82) is 0 Å². The molecule has 1 aliphatic rings. The van der Waals surface area contributed by atoms with Crippen LogP contribution in [0.15, 0.2) is 76.4 Å². The highest BCUT2D eigenvalue weighted by atomic mass is 35.5. The third-order valence-corrected chi connectivity index (χ3v) is 9.05. The van der Waals surface area contributed by atoms with Crippen LogP contribution in [-0.4, -0.2) is 33.5 Å². The molecule has 4 aromatic rings. The Kier molecular flexibility index (Phi) is 9.93. The molecule has 228 valence electrons. The highest BCUT2D eigenvalue weighted by molar-refractivity contribution is 7.98. The number of ether oxygens (including phenoxy) is 3. The predicted molar refractivity (Wildman–Crippen MR) is 179 cm³/mol. The number of carbonyl (C=O) groups is 1. The molecule has 0 aliphatic heterocycles. The van der Waals surface area contributed by atoms with Gasteiger partial charge in [-0.15, -0.1) is 11.8 Å². The number of thioether (sulfide) groups is 1. The van der Waals surface area contributed by atoms with Crippen molar-refractivity contribution in [3.63, 3.8) is 0 Å². The molecule has 0 unspecified atom stereocenters. The van der Waals surface area contributed by atoms with Gasteiger partial charge in [-0.2, -0.15) is 0 Å². The smallest absolute Gasteiger partial charge is 0.224 e. The van der Waals surface area contributed by atoms with Crippen molar-refractivity contribution in [3.8, 4) is 28.4 Å². The maximum atomic E-state index is 13.7. The van der Waals surface area contributed by atoms with Crippen molar-refractivity contribution in [2.24, 2.45) is 0 Å². The van der Waals surface area contributed by atoms with Gasteiger partial charge in [-0.25, -0.2) is 0 Å². The maximum Gasteiger partial charge on any atom is 0.224 e. The lowest BCUT2D eigenvalue weighted by Gasteiger charge is -2.20. The van der Waals surface area contributed by atoms with E-state index < -0.39 is 6.04 Å². The molecule has 0 bridgehead atoms. The van der Waals surface area contributed by atoms with Gasteiger partial charge < -0.3 is 24.8 Å². The summed E-state index contributed by atoms with van der Waals surface area (Å²) >= 11 is 14.2. The number of para-hydroxylation sites is 2. The third kappa shape index (κ3) is 6.34. The molecule has 1 aliphatic carbocycles. The van der Waals surface area contributed by atoms with Gasteiger partial charge in [0.25, 0.3) is 0 Å². The van der Waals surface area contributed by atoms with E-state index in [4.69, 9.17) is 37.4 Å². The standard InChI is InChI=1S/C34H32Cl2N2O5S/c1-41-28-16-20-12-14-26(22-18-27(39)29(44-4)15-13-21(22)31(20)34(43-3)33(28)42-2)37-30(40)17-19-8-5-6-11-25(19)38-32-23(35)9-7-10-24(32)36/h5-11,13,15-16,18,26,38H,12,14,17H2,1-4H3,(H,37,40)/t26-/m0/s1. The SMILES string of the molecule is COc1cc2c(c(OC)c1OC)-c1ccc(SC)c(=O)cc1[C@@H](NC(=O)Cc1ccccc1Nc1c(Cl)cccc1Cl)CC2. The molecule has 0 saturated carbocycles. The van der Waals surface area contributed by atoms with E-state index in [-0.39, 0.29) is 17.8 Å². The van der Waals surface area contributed by atoms with Gasteiger partial charge in [0.15, 0.2) is 16.9 Å². The molecule has 4 aromatic carbocycles. The quantitative estimate of drug-likeness (QED) is 0.178. The molecule has 7 nitrogen and oxygen atoms in total. The summed E-state index contributed by atoms with van der Waals surface area (Å²) in [6, 6.07) is 19.6. The lowest BCUT2D eigenvalue weighted by Crippen LogP contribution is -2.30. The zero-order valence-corrected chi connectivity index (χ0v) is 27.1. The first kappa shape index (κ1) is 31.6. The minimum atomic E-state index is -0.445. The summed E-state index contributed by atoms with van der Waals surface area (Å²) in [4.78, 5) is 27.6. The first-order valence-electron chi connectivity index (χ1n) is 13.9. The van der Waals surface area contributed by atoms with Gasteiger partial charge in [0.1, 0.15) is 0 Å². The molecule has 0 fully saturated rings. The number of halogens is 2. The van der Waals surface area contributed by atoms with Crippen LogP contribution >= 0.6 is 35.0 Å². The van der Waals surface area contributed by atoms with Gasteiger partial charge in [0.05, 0.1) is 54.4 Å². The number of fused-ring (bicyclic) bond motifs is 3. The van der Waals surface area contributed by atoms with E-state index in [1.165, 1.54) is 11.8 Å². The Morgan fingerprint density at radius 2 is 1.66 bits per heavy atom. The molecule has 0 radical (unpaired) electrons. The average Bonchev–Trinajstić information content (AvgIpc) is 3.26. The van der Waals surface area contributed by atoms with Crippen molar-refractivity contribution >= 4 is 52.2 Å². The Bertz CT molecular complexity index is 1760. The zero-order valence-electron chi connectivity index (χ0n) is 24.8. The first-order chi connectivity index (χ1) is 21.3. The monoisotopic (exact) mass is 650 g/mol. The Morgan fingerprint density at radius 3 is 2.34 bits per heavy atom. The van der Waals surface area contributed by atoms with Gasteiger partial charge in [0.2, 0.25) is 11.7 Å². The second-order valence-corrected chi connectivity index (χ2v) is 11.8. The Hall–Kier alpha value is -3.85. The molecule has 10 heteroatoms. The van der Waals surface area contributed by atoms with Crippen LogP contribution in [0.2, 0.25) is 10.0 Å². The molecule has 0 aromatic heterocycles. The summed E-state index contributed by atoms with van der Waals surface area (Å²) in [6.07, 6.45) is 3.11. The van der Waals surface area contributed by atoms with Gasteiger partial charge in [-0.1, -0.05) is 53.5 Å². The summed E-state index contributed by atoms with van der Waals surface area (Å²) in [6.45, 7) is 0. The van der Waals surface area contributed by atoms with E-state index in [1.807, 2.05) is 48.7 Å². The van der Waals surface area contributed by atoms with Crippen LogP contribution in [0.3, 0.4) is 0 Å². The molecule has 5 rings (SSSR count). The topological polar surface area (TPSA) is 85.9 Å². The molecule has 1 amide bonds. The fourth-order valence-electron chi connectivity index (χ4n) is 5.58. The molecular weight excluding hydrogens is 619 g/mol. The number of anilines is 2. The van der Waals surface area contributed by atoms with E-state index in [2.05, 4.69) is 10.6 Å². The number of nitrogens with one attached hydrogen (secondary N) is 2. The number of methoxy groups -OCH3 is 3. The molecule has 44 heavy (non-hydrogen) atoms. The zero-order chi connectivity index (χ0) is 31.4. The fourth-order valence-corrected chi connectivity index (χ4v) is 6.54. The van der Waals surface area contributed by atoms with Gasteiger partial charge in [-0.3, -0.25) is 9.59 Å². The molecule has 0 heterocycles. The van der Waals surface area contributed by atoms with Gasteiger partial charge in [-0.05, 0) is 77.7 Å². The highest BCUT2D eigenvalue weighted by Gasteiger charge is 2.30. The van der Waals surface area contributed by atoms with E-state index in [0.717, 1.165) is 22.3 Å². The largest absolute Gasteiger partial charge is 0.493 e. The summed E-state index contributed by atoms with van der Waals surface area (Å²) < 4.78 is 17.2. The van der Waals surface area contributed by atoms with Crippen LogP contribution < -0.4 is 30.3 Å². The van der Waals surface area contributed by atoms with Crippen molar-refractivity contribution in [1.82, 2.24) is 5.32 Å². The Balaban J connectivity index is 1.53. The molecule has 1 atom stereocenters. The van der Waals surface area contributed by atoms with Gasteiger partial charge in [0, 0.05) is 11.3 Å². The van der Waals surface area contributed by atoms with Crippen LogP contribution in [0.4, 0.5) is 11.4 Å². The first-order valence-corrected chi connectivity index (χ1v) is 15.9. The van der Waals surface area contributed by atoms with Crippen molar-refractivity contribution in [3.05, 3.63) is 104 Å². The lowest BCUT2D eigenvalue weighted by atomic mass is 9.95. The summed E-state index contributed by atoms with van der Waals surface area (Å²) in [5.41, 5.74) is 5.20.